The smallest absolute Gasteiger partial charge is 0.335 e. The van der Waals surface area contributed by atoms with Crippen molar-refractivity contribution in [2.75, 3.05) is 20.0 Å². The first-order chi connectivity index (χ1) is 11.5. The highest BCUT2D eigenvalue weighted by Gasteiger charge is 2.23. The molecule has 2 aromatic rings. The number of aromatic carboxylic acids is 1. The second kappa shape index (κ2) is 8.11. The summed E-state index contributed by atoms with van der Waals surface area (Å²) in [4.78, 5) is 11.1. The monoisotopic (exact) mass is 346 g/mol. The van der Waals surface area contributed by atoms with Crippen molar-refractivity contribution in [1.82, 2.24) is 0 Å². The Morgan fingerprint density at radius 2 is 1.67 bits per heavy atom. The molecule has 0 aliphatic rings. The van der Waals surface area contributed by atoms with Crippen LogP contribution in [0.1, 0.15) is 39.2 Å². The number of hydrogen-bond donors (Lipinski definition) is 1. The third kappa shape index (κ3) is 3.85. The SMILES string of the molecule is CCSC(c1ccc(C(=O)O)cc1)c1c(OC)cc(C)cc1OC. The Morgan fingerprint density at radius 1 is 1.12 bits per heavy atom. The van der Waals surface area contributed by atoms with Crippen LogP contribution < -0.4 is 9.47 Å². The van der Waals surface area contributed by atoms with Crippen molar-refractivity contribution in [2.24, 2.45) is 0 Å². The van der Waals surface area contributed by atoms with Gasteiger partial charge in [-0.3, -0.25) is 0 Å². The van der Waals surface area contributed by atoms with Gasteiger partial charge in [0.1, 0.15) is 11.5 Å². The van der Waals surface area contributed by atoms with Crippen molar-refractivity contribution in [2.45, 2.75) is 19.1 Å². The van der Waals surface area contributed by atoms with E-state index >= 15 is 0 Å². The van der Waals surface area contributed by atoms with Gasteiger partial charge in [-0.2, -0.15) is 0 Å². The molecule has 0 radical (unpaired) electrons. The van der Waals surface area contributed by atoms with E-state index in [1.165, 1.54) is 0 Å². The molecule has 0 spiro atoms. The van der Waals surface area contributed by atoms with Gasteiger partial charge >= 0.3 is 5.97 Å². The molecule has 0 aromatic heterocycles. The van der Waals surface area contributed by atoms with E-state index in [9.17, 15) is 4.79 Å². The van der Waals surface area contributed by atoms with Crippen molar-refractivity contribution in [3.8, 4) is 11.5 Å². The molecule has 1 atom stereocenters. The van der Waals surface area contributed by atoms with Gasteiger partial charge in [-0.25, -0.2) is 4.79 Å². The Balaban J connectivity index is 2.56. The maximum Gasteiger partial charge on any atom is 0.335 e. The quantitative estimate of drug-likeness (QED) is 0.797. The molecule has 2 aromatic carbocycles. The van der Waals surface area contributed by atoms with Gasteiger partial charge in [0.25, 0.3) is 0 Å². The number of carbonyl (C=O) groups is 1. The zero-order valence-corrected chi connectivity index (χ0v) is 15.1. The second-order valence-corrected chi connectivity index (χ2v) is 6.73. The number of benzene rings is 2. The van der Waals surface area contributed by atoms with E-state index < -0.39 is 5.97 Å². The highest BCUT2D eigenvalue weighted by molar-refractivity contribution is 7.99. The summed E-state index contributed by atoms with van der Waals surface area (Å²) in [6, 6.07) is 11.0. The third-order valence-corrected chi connectivity index (χ3v) is 4.92. The van der Waals surface area contributed by atoms with E-state index in [2.05, 4.69) is 6.92 Å². The van der Waals surface area contributed by atoms with Crippen LogP contribution in [0.15, 0.2) is 36.4 Å². The van der Waals surface area contributed by atoms with Gasteiger partial charge in [0, 0.05) is 0 Å². The lowest BCUT2D eigenvalue weighted by molar-refractivity contribution is 0.0697. The summed E-state index contributed by atoms with van der Waals surface area (Å²) in [5.41, 5.74) is 3.34. The minimum absolute atomic E-state index is 0.00310. The third-order valence-electron chi connectivity index (χ3n) is 3.74. The molecule has 1 N–H and O–H groups in total. The van der Waals surface area contributed by atoms with E-state index in [0.29, 0.717) is 0 Å². The second-order valence-electron chi connectivity index (χ2n) is 5.35. The number of aryl methyl sites for hydroxylation is 1. The van der Waals surface area contributed by atoms with Gasteiger partial charge < -0.3 is 14.6 Å². The van der Waals surface area contributed by atoms with E-state index in [0.717, 1.165) is 33.9 Å². The van der Waals surface area contributed by atoms with E-state index in [1.54, 1.807) is 38.1 Å². The first-order valence-corrected chi connectivity index (χ1v) is 8.74. The summed E-state index contributed by atoms with van der Waals surface area (Å²) >= 11 is 1.75. The number of carboxylic acids is 1. The average molecular weight is 346 g/mol. The predicted molar refractivity (Wildman–Crippen MR) is 97.7 cm³/mol. The Morgan fingerprint density at radius 3 is 2.08 bits per heavy atom. The fourth-order valence-electron chi connectivity index (χ4n) is 2.64. The molecule has 24 heavy (non-hydrogen) atoms. The zero-order chi connectivity index (χ0) is 17.7. The highest BCUT2D eigenvalue weighted by Crippen LogP contribution is 2.45. The molecule has 0 saturated heterocycles. The minimum Gasteiger partial charge on any atom is -0.496 e. The van der Waals surface area contributed by atoms with Crippen LogP contribution in [-0.2, 0) is 0 Å². The minimum atomic E-state index is -0.924. The van der Waals surface area contributed by atoms with E-state index in [-0.39, 0.29) is 10.8 Å². The van der Waals surface area contributed by atoms with Crippen molar-refractivity contribution in [3.63, 3.8) is 0 Å². The van der Waals surface area contributed by atoms with Crippen LogP contribution in [0.25, 0.3) is 0 Å². The van der Waals surface area contributed by atoms with Gasteiger partial charge in [0.05, 0.1) is 30.6 Å². The number of methoxy groups -OCH3 is 2. The Labute approximate surface area is 146 Å². The first kappa shape index (κ1) is 18.2. The lowest BCUT2D eigenvalue weighted by atomic mass is 9.99. The van der Waals surface area contributed by atoms with Crippen LogP contribution in [0.5, 0.6) is 11.5 Å². The Bertz CT molecular complexity index is 685. The molecule has 0 aliphatic heterocycles. The van der Waals surface area contributed by atoms with Gasteiger partial charge in [0.15, 0.2) is 0 Å². The van der Waals surface area contributed by atoms with Crippen LogP contribution in [0.4, 0.5) is 0 Å². The number of thioether (sulfide) groups is 1. The van der Waals surface area contributed by atoms with E-state index in [4.69, 9.17) is 14.6 Å². The van der Waals surface area contributed by atoms with Gasteiger partial charge in [0.2, 0.25) is 0 Å². The summed E-state index contributed by atoms with van der Waals surface area (Å²) in [5, 5.41) is 9.09. The first-order valence-electron chi connectivity index (χ1n) is 7.69. The van der Waals surface area contributed by atoms with Gasteiger partial charge in [-0.1, -0.05) is 19.1 Å². The van der Waals surface area contributed by atoms with Crippen molar-refractivity contribution in [1.29, 1.82) is 0 Å². The topological polar surface area (TPSA) is 55.8 Å². The summed E-state index contributed by atoms with van der Waals surface area (Å²) in [5.74, 6) is 1.54. The summed E-state index contributed by atoms with van der Waals surface area (Å²) in [7, 11) is 3.30. The molecule has 4 nitrogen and oxygen atoms in total. The van der Waals surface area contributed by atoms with Crippen molar-refractivity contribution < 1.29 is 19.4 Å². The maximum atomic E-state index is 11.1. The number of hydrogen-bond acceptors (Lipinski definition) is 4. The molecule has 1 unspecified atom stereocenters. The van der Waals surface area contributed by atoms with Crippen LogP contribution in [0.2, 0.25) is 0 Å². The fourth-order valence-corrected chi connectivity index (χ4v) is 3.72. The molecule has 0 aliphatic carbocycles. The lowest BCUT2D eigenvalue weighted by Gasteiger charge is -2.23. The van der Waals surface area contributed by atoms with E-state index in [1.807, 2.05) is 31.2 Å². The molecule has 0 heterocycles. The molecule has 2 rings (SSSR count). The molecule has 0 fully saturated rings. The van der Waals surface area contributed by atoms with Crippen LogP contribution >= 0.6 is 11.8 Å². The van der Waals surface area contributed by atoms with Crippen LogP contribution in [0, 0.1) is 6.92 Å². The number of rotatable bonds is 7. The van der Waals surface area contributed by atoms with Crippen molar-refractivity contribution in [3.05, 3.63) is 58.7 Å². The molecule has 128 valence electrons. The van der Waals surface area contributed by atoms with Gasteiger partial charge in [-0.05, 0) is 48.1 Å². The zero-order valence-electron chi connectivity index (χ0n) is 14.3. The maximum absolute atomic E-state index is 11.1. The lowest BCUT2D eigenvalue weighted by Crippen LogP contribution is -2.05. The molecular weight excluding hydrogens is 324 g/mol. The molecule has 0 amide bonds. The molecule has 0 bridgehead atoms. The van der Waals surface area contributed by atoms with Crippen LogP contribution in [-0.4, -0.2) is 31.0 Å². The molecular formula is C19H22O4S. The standard InChI is InChI=1S/C19H22O4S/c1-5-24-18(13-6-8-14(9-7-13)19(20)21)17-15(22-3)10-12(2)11-16(17)23-4/h6-11,18H,5H2,1-4H3,(H,20,21). The summed E-state index contributed by atoms with van der Waals surface area (Å²) < 4.78 is 11.2. The van der Waals surface area contributed by atoms with Gasteiger partial charge in [-0.15, -0.1) is 11.8 Å². The predicted octanol–water partition coefficient (Wildman–Crippen LogP) is 4.55. The Kier molecular flexibility index (Phi) is 6.15. The van der Waals surface area contributed by atoms with Crippen LogP contribution in [0.3, 0.4) is 0 Å². The largest absolute Gasteiger partial charge is 0.496 e. The number of ether oxygens (including phenoxy) is 2. The molecule has 5 heteroatoms. The Hall–Kier alpha value is -2.14. The summed E-state index contributed by atoms with van der Waals surface area (Å²) in [6.45, 7) is 4.09. The highest BCUT2D eigenvalue weighted by atomic mass is 32.2. The fraction of sp³-hybridized carbons (Fsp3) is 0.316. The molecule has 0 saturated carbocycles. The average Bonchev–Trinajstić information content (AvgIpc) is 2.59. The normalized spacial score (nSPS) is 11.8. The number of carboxylic acid groups (broad SMARTS) is 1. The summed E-state index contributed by atoms with van der Waals surface area (Å²) in [6.07, 6.45) is 0. The van der Waals surface area contributed by atoms with Crippen molar-refractivity contribution >= 4 is 17.7 Å².